The molecule has 0 aromatic heterocycles. The summed E-state index contributed by atoms with van der Waals surface area (Å²) in [6.07, 6.45) is 2.14. The van der Waals surface area contributed by atoms with E-state index in [0.29, 0.717) is 12.3 Å². The first kappa shape index (κ1) is 13.4. The average molecular weight is 276 g/mol. The minimum Gasteiger partial charge on any atom is -0.381 e. The van der Waals surface area contributed by atoms with E-state index >= 15 is 0 Å². The fraction of sp³-hybridized carbons (Fsp3) is 0.909. The van der Waals surface area contributed by atoms with E-state index in [2.05, 4.69) is 10.3 Å². The van der Waals surface area contributed by atoms with Crippen LogP contribution in [0.5, 0.6) is 0 Å². The number of hydrogen-bond acceptors (Lipinski definition) is 4. The van der Waals surface area contributed by atoms with Crippen molar-refractivity contribution in [2.24, 2.45) is 4.99 Å². The molecule has 17 heavy (non-hydrogen) atoms. The van der Waals surface area contributed by atoms with Gasteiger partial charge in [-0.25, -0.2) is 0 Å². The van der Waals surface area contributed by atoms with E-state index in [0.717, 1.165) is 42.7 Å². The van der Waals surface area contributed by atoms with Gasteiger partial charge < -0.3 is 10.1 Å². The van der Waals surface area contributed by atoms with Gasteiger partial charge in [0.05, 0.1) is 12.1 Å². The zero-order chi connectivity index (χ0) is 12.1. The second kappa shape index (κ2) is 6.20. The van der Waals surface area contributed by atoms with Crippen molar-refractivity contribution < 1.29 is 8.95 Å². The van der Waals surface area contributed by atoms with Gasteiger partial charge in [0.15, 0.2) is 5.17 Å². The second-order valence-corrected chi connectivity index (χ2v) is 7.26. The maximum Gasteiger partial charge on any atom is 0.157 e. The average Bonchev–Trinajstić information content (AvgIpc) is 2.73. The highest BCUT2D eigenvalue weighted by Gasteiger charge is 2.38. The Morgan fingerprint density at radius 1 is 1.53 bits per heavy atom. The largest absolute Gasteiger partial charge is 0.381 e. The van der Waals surface area contributed by atoms with Gasteiger partial charge in [0.1, 0.15) is 0 Å². The molecule has 2 saturated heterocycles. The Balaban J connectivity index is 1.80. The van der Waals surface area contributed by atoms with Crippen LogP contribution in [0.15, 0.2) is 4.99 Å². The minimum absolute atomic E-state index is 0.214. The fourth-order valence-corrected chi connectivity index (χ4v) is 3.84. The van der Waals surface area contributed by atoms with E-state index in [-0.39, 0.29) is 5.54 Å². The van der Waals surface area contributed by atoms with E-state index in [1.54, 1.807) is 11.8 Å². The number of amidine groups is 1. The Kier molecular flexibility index (Phi) is 4.87. The fourth-order valence-electron chi connectivity index (χ4n) is 2.02. The maximum absolute atomic E-state index is 11.3. The van der Waals surface area contributed by atoms with Crippen molar-refractivity contribution in [1.82, 2.24) is 5.32 Å². The number of ether oxygens (including phenoxy) is 1. The van der Waals surface area contributed by atoms with Crippen LogP contribution in [0.3, 0.4) is 0 Å². The van der Waals surface area contributed by atoms with Gasteiger partial charge in [-0.15, -0.1) is 0 Å². The minimum atomic E-state index is -0.704. The van der Waals surface area contributed by atoms with E-state index < -0.39 is 10.8 Å². The summed E-state index contributed by atoms with van der Waals surface area (Å²) in [5.74, 6) is 2.50. The Hall–Kier alpha value is -0.0700. The van der Waals surface area contributed by atoms with Crippen LogP contribution in [0.4, 0.5) is 0 Å². The summed E-state index contributed by atoms with van der Waals surface area (Å²) < 4.78 is 16.7. The van der Waals surface area contributed by atoms with Gasteiger partial charge in [0.2, 0.25) is 0 Å². The van der Waals surface area contributed by atoms with Gasteiger partial charge >= 0.3 is 0 Å². The van der Waals surface area contributed by atoms with Crippen LogP contribution in [-0.4, -0.2) is 51.9 Å². The number of nitrogens with zero attached hydrogens (tertiary/aromatic N) is 1. The molecule has 98 valence electrons. The molecule has 0 aliphatic carbocycles. The molecule has 0 bridgehead atoms. The Labute approximate surface area is 109 Å². The van der Waals surface area contributed by atoms with Crippen molar-refractivity contribution in [3.05, 3.63) is 0 Å². The highest BCUT2D eigenvalue weighted by molar-refractivity contribution is 8.14. The van der Waals surface area contributed by atoms with Crippen molar-refractivity contribution in [2.75, 3.05) is 37.0 Å². The quantitative estimate of drug-likeness (QED) is 0.832. The van der Waals surface area contributed by atoms with Crippen LogP contribution in [0.25, 0.3) is 0 Å². The lowest BCUT2D eigenvalue weighted by Crippen LogP contribution is -2.48. The predicted octanol–water partition coefficient (Wildman–Crippen LogP) is 0.997. The van der Waals surface area contributed by atoms with Gasteiger partial charge in [0, 0.05) is 41.3 Å². The van der Waals surface area contributed by atoms with Gasteiger partial charge in [-0.05, 0) is 12.8 Å². The Bertz CT molecular complexity index is 315. The van der Waals surface area contributed by atoms with Crippen LogP contribution in [0, 0.1) is 0 Å². The molecule has 0 radical (unpaired) electrons. The standard InChI is InChI=1S/C11H20N2O2S2/c1-2-17(14)8-5-12-10-13-11(9-16-10)3-6-15-7-4-11/h2-9H2,1H3,(H,12,13). The van der Waals surface area contributed by atoms with Crippen molar-refractivity contribution >= 4 is 27.7 Å². The zero-order valence-electron chi connectivity index (χ0n) is 10.2. The summed E-state index contributed by atoms with van der Waals surface area (Å²) in [6.45, 7) is 4.31. The number of thioether (sulfide) groups is 1. The summed E-state index contributed by atoms with van der Waals surface area (Å²) in [5.41, 5.74) is 0.214. The summed E-state index contributed by atoms with van der Waals surface area (Å²) in [5, 5.41) is 4.56. The molecule has 2 heterocycles. The molecule has 1 N–H and O–H groups in total. The maximum atomic E-state index is 11.3. The van der Waals surface area contributed by atoms with Crippen LogP contribution in [-0.2, 0) is 15.5 Å². The molecule has 4 nitrogen and oxygen atoms in total. The van der Waals surface area contributed by atoms with Crippen LogP contribution in [0.2, 0.25) is 0 Å². The molecule has 2 rings (SSSR count). The first-order chi connectivity index (χ1) is 8.24. The Morgan fingerprint density at radius 2 is 2.29 bits per heavy atom. The van der Waals surface area contributed by atoms with Crippen LogP contribution < -0.4 is 5.32 Å². The van der Waals surface area contributed by atoms with E-state index in [1.165, 1.54) is 0 Å². The smallest absolute Gasteiger partial charge is 0.157 e. The molecule has 2 aliphatic rings. The molecule has 0 aromatic carbocycles. The molecule has 1 spiro atoms. The van der Waals surface area contributed by atoms with Crippen LogP contribution >= 0.6 is 11.8 Å². The van der Waals surface area contributed by atoms with E-state index in [9.17, 15) is 4.21 Å². The van der Waals surface area contributed by atoms with Gasteiger partial charge in [-0.3, -0.25) is 9.20 Å². The lowest BCUT2D eigenvalue weighted by Gasteiger charge is -2.32. The second-order valence-electron chi connectivity index (χ2n) is 4.43. The molecule has 6 heteroatoms. The highest BCUT2D eigenvalue weighted by Crippen LogP contribution is 2.31. The van der Waals surface area contributed by atoms with Gasteiger partial charge in [0.25, 0.3) is 0 Å². The predicted molar refractivity (Wildman–Crippen MR) is 74.2 cm³/mol. The normalized spacial score (nSPS) is 27.2. The van der Waals surface area contributed by atoms with Crippen molar-refractivity contribution in [3.8, 4) is 0 Å². The van der Waals surface area contributed by atoms with Crippen molar-refractivity contribution in [2.45, 2.75) is 25.3 Å². The lowest BCUT2D eigenvalue weighted by molar-refractivity contribution is 0.0555. The first-order valence-corrected chi connectivity index (χ1v) is 8.60. The number of nitrogens with one attached hydrogen (secondary N) is 1. The van der Waals surface area contributed by atoms with Crippen molar-refractivity contribution in [1.29, 1.82) is 0 Å². The molecule has 0 amide bonds. The lowest BCUT2D eigenvalue weighted by atomic mass is 9.93. The molecule has 0 saturated carbocycles. The number of hydrogen-bond donors (Lipinski definition) is 1. The molecular formula is C11H20N2O2S2. The zero-order valence-corrected chi connectivity index (χ0v) is 11.9. The molecule has 2 fully saturated rings. The summed E-state index contributed by atoms with van der Waals surface area (Å²) >= 11 is 1.79. The third-order valence-electron chi connectivity index (χ3n) is 3.20. The molecule has 1 atom stereocenters. The van der Waals surface area contributed by atoms with Gasteiger partial charge in [-0.1, -0.05) is 18.7 Å². The topological polar surface area (TPSA) is 50.7 Å². The summed E-state index contributed by atoms with van der Waals surface area (Å²) in [7, 11) is -0.704. The highest BCUT2D eigenvalue weighted by atomic mass is 32.2. The SMILES string of the molecule is CCS(=O)CCN=C1NC2(CCOCC2)CS1. The molecule has 0 aromatic rings. The third-order valence-corrected chi connectivity index (χ3v) is 5.69. The molecule has 2 aliphatic heterocycles. The third kappa shape index (κ3) is 3.69. The summed E-state index contributed by atoms with van der Waals surface area (Å²) in [6, 6.07) is 0. The number of aliphatic imine (C=N–C) groups is 1. The van der Waals surface area contributed by atoms with Crippen molar-refractivity contribution in [3.63, 3.8) is 0 Å². The monoisotopic (exact) mass is 276 g/mol. The first-order valence-electron chi connectivity index (χ1n) is 6.12. The van der Waals surface area contributed by atoms with Crippen LogP contribution in [0.1, 0.15) is 19.8 Å². The summed E-state index contributed by atoms with van der Waals surface area (Å²) in [4.78, 5) is 4.50. The van der Waals surface area contributed by atoms with Gasteiger partial charge in [-0.2, -0.15) is 0 Å². The molecular weight excluding hydrogens is 256 g/mol. The number of rotatable bonds is 4. The van der Waals surface area contributed by atoms with E-state index in [4.69, 9.17) is 4.74 Å². The Morgan fingerprint density at radius 3 is 3.00 bits per heavy atom. The molecule has 1 unspecified atom stereocenters. The van der Waals surface area contributed by atoms with E-state index in [1.807, 2.05) is 6.92 Å².